The van der Waals surface area contributed by atoms with Crippen LogP contribution in [-0.2, 0) is 0 Å². The van der Waals surface area contributed by atoms with Gasteiger partial charge in [0, 0.05) is 31.6 Å². The number of nitrogens with one attached hydrogen (secondary N) is 1. The van der Waals surface area contributed by atoms with Gasteiger partial charge in [-0.2, -0.15) is 0 Å². The van der Waals surface area contributed by atoms with Crippen molar-refractivity contribution in [3.8, 4) is 0 Å². The van der Waals surface area contributed by atoms with Crippen LogP contribution in [0.15, 0.2) is 0 Å². The molecule has 0 spiro atoms. The summed E-state index contributed by atoms with van der Waals surface area (Å²) in [6.45, 7) is 7.96. The molecular formula is C12H23N3. The maximum Gasteiger partial charge on any atom is 0.0960 e. The van der Waals surface area contributed by atoms with Gasteiger partial charge in [-0.05, 0) is 32.7 Å². The highest BCUT2D eigenvalue weighted by Crippen LogP contribution is 2.25. The molecule has 2 saturated heterocycles. The minimum Gasteiger partial charge on any atom is -0.355 e. The van der Waals surface area contributed by atoms with Gasteiger partial charge in [0.1, 0.15) is 0 Å². The van der Waals surface area contributed by atoms with E-state index in [2.05, 4.69) is 23.6 Å². The first kappa shape index (κ1) is 10.9. The van der Waals surface area contributed by atoms with Crippen molar-refractivity contribution in [2.75, 3.05) is 19.6 Å². The summed E-state index contributed by atoms with van der Waals surface area (Å²) in [5, 5.41) is 8.07. The lowest BCUT2D eigenvalue weighted by atomic mass is 10.1. The maximum atomic E-state index is 8.07. The molecule has 0 aromatic rings. The maximum absolute atomic E-state index is 8.07. The lowest BCUT2D eigenvalue weighted by Crippen LogP contribution is -2.56. The van der Waals surface area contributed by atoms with Crippen LogP contribution in [0.3, 0.4) is 0 Å². The first-order chi connectivity index (χ1) is 7.22. The molecule has 2 unspecified atom stereocenters. The molecule has 3 nitrogen and oxygen atoms in total. The van der Waals surface area contributed by atoms with E-state index in [1.807, 2.05) is 0 Å². The molecule has 0 aliphatic carbocycles. The third-order valence-corrected chi connectivity index (χ3v) is 3.77. The number of hydrogen-bond acceptors (Lipinski definition) is 2. The molecule has 2 heterocycles. The van der Waals surface area contributed by atoms with Crippen molar-refractivity contribution in [3.05, 3.63) is 0 Å². The smallest absolute Gasteiger partial charge is 0.0960 e. The second-order valence-electron chi connectivity index (χ2n) is 4.99. The van der Waals surface area contributed by atoms with Crippen molar-refractivity contribution >= 4 is 5.84 Å². The average molecular weight is 209 g/mol. The van der Waals surface area contributed by atoms with Gasteiger partial charge in [-0.1, -0.05) is 6.92 Å². The van der Waals surface area contributed by atoms with E-state index in [0.29, 0.717) is 6.04 Å². The number of amidine groups is 1. The molecule has 15 heavy (non-hydrogen) atoms. The zero-order valence-electron chi connectivity index (χ0n) is 10.00. The van der Waals surface area contributed by atoms with E-state index in [-0.39, 0.29) is 0 Å². The summed E-state index contributed by atoms with van der Waals surface area (Å²) in [6, 6.07) is 1.27. The van der Waals surface area contributed by atoms with Gasteiger partial charge in [0.25, 0.3) is 0 Å². The highest BCUT2D eigenvalue weighted by molar-refractivity contribution is 5.79. The fraction of sp³-hybridized carbons (Fsp3) is 0.917. The van der Waals surface area contributed by atoms with Crippen LogP contribution in [0.25, 0.3) is 0 Å². The SMILES string of the molecule is CCCC(=N)N1CC2CCCN2CC1C. The molecule has 2 atom stereocenters. The van der Waals surface area contributed by atoms with E-state index < -0.39 is 0 Å². The summed E-state index contributed by atoms with van der Waals surface area (Å²) >= 11 is 0. The molecule has 2 fully saturated rings. The Bertz CT molecular complexity index is 239. The number of hydrogen-bond donors (Lipinski definition) is 1. The zero-order valence-corrected chi connectivity index (χ0v) is 10.00. The molecule has 2 aliphatic rings. The summed E-state index contributed by atoms with van der Waals surface area (Å²) < 4.78 is 0. The number of fused-ring (bicyclic) bond motifs is 1. The molecule has 3 heteroatoms. The predicted octanol–water partition coefficient (Wildman–Crippen LogP) is 1.93. The van der Waals surface area contributed by atoms with Crippen molar-refractivity contribution in [1.29, 1.82) is 5.41 Å². The van der Waals surface area contributed by atoms with Crippen molar-refractivity contribution in [1.82, 2.24) is 9.80 Å². The molecule has 2 aliphatic heterocycles. The molecule has 1 N–H and O–H groups in total. The fourth-order valence-corrected chi connectivity index (χ4v) is 2.94. The van der Waals surface area contributed by atoms with Gasteiger partial charge < -0.3 is 4.90 Å². The van der Waals surface area contributed by atoms with Gasteiger partial charge in [-0.25, -0.2) is 0 Å². The number of rotatable bonds is 2. The molecule has 0 aromatic heterocycles. The third kappa shape index (κ3) is 2.17. The minimum absolute atomic E-state index is 0.540. The van der Waals surface area contributed by atoms with E-state index in [1.165, 1.54) is 19.4 Å². The van der Waals surface area contributed by atoms with Gasteiger partial charge in [0.15, 0.2) is 0 Å². The third-order valence-electron chi connectivity index (χ3n) is 3.77. The van der Waals surface area contributed by atoms with Crippen LogP contribution in [0.4, 0.5) is 0 Å². The Kier molecular flexibility index (Phi) is 3.29. The first-order valence-corrected chi connectivity index (χ1v) is 6.30. The van der Waals surface area contributed by atoms with Crippen molar-refractivity contribution in [2.24, 2.45) is 0 Å². The largest absolute Gasteiger partial charge is 0.355 e. The zero-order chi connectivity index (χ0) is 10.8. The van der Waals surface area contributed by atoms with Crippen LogP contribution in [0.5, 0.6) is 0 Å². The van der Waals surface area contributed by atoms with Gasteiger partial charge in [-0.3, -0.25) is 10.3 Å². The van der Waals surface area contributed by atoms with Crippen LogP contribution < -0.4 is 0 Å². The summed E-state index contributed by atoms with van der Waals surface area (Å²) in [5.74, 6) is 0.858. The van der Waals surface area contributed by atoms with Crippen LogP contribution in [0.1, 0.15) is 39.5 Å². The molecule has 86 valence electrons. The predicted molar refractivity (Wildman–Crippen MR) is 63.4 cm³/mol. The van der Waals surface area contributed by atoms with Crippen LogP contribution in [0.2, 0.25) is 0 Å². The molecule has 0 amide bonds. The minimum atomic E-state index is 0.540. The highest BCUT2D eigenvalue weighted by atomic mass is 15.3. The van der Waals surface area contributed by atoms with Crippen molar-refractivity contribution < 1.29 is 0 Å². The highest BCUT2D eigenvalue weighted by Gasteiger charge is 2.34. The summed E-state index contributed by atoms with van der Waals surface area (Å²) in [4.78, 5) is 4.94. The molecule has 2 rings (SSSR count). The van der Waals surface area contributed by atoms with Gasteiger partial charge in [0.05, 0.1) is 5.84 Å². The Balaban J connectivity index is 1.97. The number of piperazine rings is 1. The summed E-state index contributed by atoms with van der Waals surface area (Å²) in [5.41, 5.74) is 0. The van der Waals surface area contributed by atoms with Crippen LogP contribution in [0, 0.1) is 5.41 Å². The van der Waals surface area contributed by atoms with E-state index in [1.54, 1.807) is 0 Å². The monoisotopic (exact) mass is 209 g/mol. The summed E-state index contributed by atoms with van der Waals surface area (Å²) in [6.07, 6.45) is 4.72. The average Bonchev–Trinajstić information content (AvgIpc) is 2.63. The molecule has 0 bridgehead atoms. The molecule has 0 radical (unpaired) electrons. The molecule has 0 saturated carbocycles. The van der Waals surface area contributed by atoms with Crippen molar-refractivity contribution in [3.63, 3.8) is 0 Å². The lowest BCUT2D eigenvalue weighted by molar-refractivity contribution is 0.107. The van der Waals surface area contributed by atoms with Gasteiger partial charge in [-0.15, -0.1) is 0 Å². The lowest BCUT2D eigenvalue weighted by Gasteiger charge is -2.43. The second kappa shape index (κ2) is 4.52. The Morgan fingerprint density at radius 3 is 2.93 bits per heavy atom. The molecular weight excluding hydrogens is 186 g/mol. The van der Waals surface area contributed by atoms with E-state index in [4.69, 9.17) is 5.41 Å². The quantitative estimate of drug-likeness (QED) is 0.556. The Hall–Kier alpha value is -0.570. The second-order valence-corrected chi connectivity index (χ2v) is 4.99. The fourth-order valence-electron chi connectivity index (χ4n) is 2.94. The molecule has 0 aromatic carbocycles. The Morgan fingerprint density at radius 2 is 2.20 bits per heavy atom. The standard InChI is InChI=1S/C12H23N3/c1-3-5-12(13)15-9-11-6-4-7-14(11)8-10(15)2/h10-11,13H,3-9H2,1-2H3. The van der Waals surface area contributed by atoms with E-state index >= 15 is 0 Å². The topological polar surface area (TPSA) is 30.3 Å². The summed E-state index contributed by atoms with van der Waals surface area (Å²) in [7, 11) is 0. The van der Waals surface area contributed by atoms with E-state index in [0.717, 1.165) is 37.8 Å². The Morgan fingerprint density at radius 1 is 1.40 bits per heavy atom. The number of nitrogens with zero attached hydrogens (tertiary/aromatic N) is 2. The van der Waals surface area contributed by atoms with E-state index in [9.17, 15) is 0 Å². The van der Waals surface area contributed by atoms with Gasteiger partial charge >= 0.3 is 0 Å². The van der Waals surface area contributed by atoms with Crippen molar-refractivity contribution in [2.45, 2.75) is 51.6 Å². The Labute approximate surface area is 92.9 Å². The van der Waals surface area contributed by atoms with Gasteiger partial charge in [0.2, 0.25) is 0 Å². The normalized spacial score (nSPS) is 31.7. The van der Waals surface area contributed by atoms with Crippen LogP contribution >= 0.6 is 0 Å². The first-order valence-electron chi connectivity index (χ1n) is 6.30. The van der Waals surface area contributed by atoms with Crippen LogP contribution in [-0.4, -0.2) is 47.4 Å².